The van der Waals surface area contributed by atoms with E-state index < -0.39 is 19.2 Å². The summed E-state index contributed by atoms with van der Waals surface area (Å²) >= 11 is 0. The Hall–Kier alpha value is -1.52. The summed E-state index contributed by atoms with van der Waals surface area (Å²) in [6, 6.07) is 4.86. The number of benzene rings is 1. The number of ketones is 1. The van der Waals surface area contributed by atoms with Gasteiger partial charge in [0.1, 0.15) is 5.75 Å². The second-order valence-electron chi connectivity index (χ2n) is 4.31. The molecular weight excluding hydrogens is 245 g/mol. The van der Waals surface area contributed by atoms with Gasteiger partial charge in [0.25, 0.3) is 0 Å². The van der Waals surface area contributed by atoms with E-state index in [1.807, 2.05) is 0 Å². The number of carbonyl (C=O) groups excluding carboxylic acids is 1. The van der Waals surface area contributed by atoms with Gasteiger partial charge in [-0.2, -0.15) is 13.2 Å². The van der Waals surface area contributed by atoms with Gasteiger partial charge in [-0.25, -0.2) is 0 Å². The van der Waals surface area contributed by atoms with Gasteiger partial charge in [-0.15, -0.1) is 0 Å². The van der Waals surface area contributed by atoms with Crippen molar-refractivity contribution in [2.75, 3.05) is 6.61 Å². The number of rotatable bonds is 3. The summed E-state index contributed by atoms with van der Waals surface area (Å²) in [5.41, 5.74) is 1.54. The molecule has 0 spiro atoms. The molecule has 0 N–H and O–H groups in total. The number of carbonyl (C=O) groups is 1. The van der Waals surface area contributed by atoms with E-state index in [1.165, 1.54) is 0 Å². The van der Waals surface area contributed by atoms with Gasteiger partial charge in [0.15, 0.2) is 5.78 Å². The predicted molar refractivity (Wildman–Crippen MR) is 59.9 cm³/mol. The fourth-order valence-corrected chi connectivity index (χ4v) is 2.00. The molecule has 1 aromatic carbocycles. The largest absolute Gasteiger partial charge is 0.493 e. The second kappa shape index (κ2) is 5.00. The van der Waals surface area contributed by atoms with Crippen molar-refractivity contribution in [3.63, 3.8) is 0 Å². The Morgan fingerprint density at radius 1 is 1.22 bits per heavy atom. The van der Waals surface area contributed by atoms with Crippen LogP contribution in [0.5, 0.6) is 5.75 Å². The maximum Gasteiger partial charge on any atom is 0.392 e. The first-order chi connectivity index (χ1) is 8.46. The Balaban J connectivity index is 2.01. The number of halogens is 3. The number of aryl methyl sites for hydroxylation is 1. The molecule has 0 atom stereocenters. The molecule has 5 heteroatoms. The van der Waals surface area contributed by atoms with Crippen LogP contribution < -0.4 is 4.74 Å². The fraction of sp³-hybridized carbons (Fsp3) is 0.462. The summed E-state index contributed by atoms with van der Waals surface area (Å²) in [7, 11) is 0. The van der Waals surface area contributed by atoms with Gasteiger partial charge in [-0.3, -0.25) is 4.79 Å². The third kappa shape index (κ3) is 3.24. The number of ether oxygens (including phenoxy) is 1. The second-order valence-corrected chi connectivity index (χ2v) is 4.31. The van der Waals surface area contributed by atoms with E-state index in [9.17, 15) is 18.0 Å². The van der Waals surface area contributed by atoms with Gasteiger partial charge in [0.2, 0.25) is 0 Å². The summed E-state index contributed by atoms with van der Waals surface area (Å²) in [5.74, 6) is 0.491. The highest BCUT2D eigenvalue weighted by molar-refractivity contribution is 5.98. The van der Waals surface area contributed by atoms with E-state index in [1.54, 1.807) is 18.2 Å². The Morgan fingerprint density at radius 3 is 2.72 bits per heavy atom. The summed E-state index contributed by atoms with van der Waals surface area (Å²) in [6.07, 6.45) is -3.07. The lowest BCUT2D eigenvalue weighted by atomic mass is 9.90. The molecule has 2 nitrogen and oxygen atoms in total. The molecule has 18 heavy (non-hydrogen) atoms. The van der Waals surface area contributed by atoms with Crippen LogP contribution in [0, 0.1) is 0 Å². The van der Waals surface area contributed by atoms with Crippen molar-refractivity contribution in [1.82, 2.24) is 0 Å². The van der Waals surface area contributed by atoms with Crippen molar-refractivity contribution in [3.8, 4) is 5.75 Å². The first-order valence-electron chi connectivity index (χ1n) is 5.81. The van der Waals surface area contributed by atoms with Gasteiger partial charge in [0.05, 0.1) is 13.0 Å². The van der Waals surface area contributed by atoms with Gasteiger partial charge in [0, 0.05) is 12.0 Å². The number of fused-ring (bicyclic) bond motifs is 1. The summed E-state index contributed by atoms with van der Waals surface area (Å²) in [6.45, 7) is -0.393. The lowest BCUT2D eigenvalue weighted by Gasteiger charge is -2.16. The van der Waals surface area contributed by atoms with Gasteiger partial charge in [-0.05, 0) is 36.6 Å². The number of Topliss-reactive ketones (excluding diaryl/α,β-unsaturated/α-hetero) is 1. The Kier molecular flexibility index (Phi) is 3.59. The maximum absolute atomic E-state index is 12.0. The highest BCUT2D eigenvalue weighted by Crippen LogP contribution is 2.26. The average molecular weight is 258 g/mol. The minimum atomic E-state index is -4.20. The van der Waals surface area contributed by atoms with Crippen molar-refractivity contribution in [1.29, 1.82) is 0 Å². The first-order valence-corrected chi connectivity index (χ1v) is 5.81. The third-order valence-corrected chi connectivity index (χ3v) is 2.88. The lowest BCUT2D eigenvalue weighted by molar-refractivity contribution is -0.139. The normalized spacial score (nSPS) is 15.4. The number of hydrogen-bond acceptors (Lipinski definition) is 2. The van der Waals surface area contributed by atoms with Crippen LogP contribution in [0.1, 0.15) is 35.2 Å². The average Bonchev–Trinajstić information content (AvgIpc) is 2.27. The SMILES string of the molecule is O=C1CCCc2cc(OCCC(F)(F)F)ccc21. The zero-order valence-corrected chi connectivity index (χ0v) is 9.72. The van der Waals surface area contributed by atoms with Crippen LogP contribution >= 0.6 is 0 Å². The van der Waals surface area contributed by atoms with E-state index in [-0.39, 0.29) is 5.78 Å². The van der Waals surface area contributed by atoms with Crippen molar-refractivity contribution in [3.05, 3.63) is 29.3 Å². The molecular formula is C13H13F3O2. The van der Waals surface area contributed by atoms with Crippen LogP contribution in [0.15, 0.2) is 18.2 Å². The summed E-state index contributed by atoms with van der Waals surface area (Å²) in [5, 5.41) is 0. The van der Waals surface area contributed by atoms with Crippen LogP contribution in [0.2, 0.25) is 0 Å². The minimum absolute atomic E-state index is 0.0955. The molecule has 0 saturated heterocycles. The molecule has 0 aromatic heterocycles. The van der Waals surface area contributed by atoms with Crippen molar-refractivity contribution in [2.24, 2.45) is 0 Å². The van der Waals surface area contributed by atoms with Crippen LogP contribution in [0.25, 0.3) is 0 Å². The summed E-state index contributed by atoms with van der Waals surface area (Å²) < 4.78 is 40.9. The third-order valence-electron chi connectivity index (χ3n) is 2.88. The quantitative estimate of drug-likeness (QED) is 0.829. The lowest BCUT2D eigenvalue weighted by Crippen LogP contribution is -2.14. The summed E-state index contributed by atoms with van der Waals surface area (Å²) in [4.78, 5) is 11.6. The van der Waals surface area contributed by atoms with Crippen molar-refractivity contribution in [2.45, 2.75) is 31.9 Å². The van der Waals surface area contributed by atoms with Gasteiger partial charge in [-0.1, -0.05) is 0 Å². The van der Waals surface area contributed by atoms with Crippen molar-refractivity contribution >= 4 is 5.78 Å². The highest BCUT2D eigenvalue weighted by atomic mass is 19.4. The fourth-order valence-electron chi connectivity index (χ4n) is 2.00. The molecule has 1 aliphatic carbocycles. The topological polar surface area (TPSA) is 26.3 Å². The molecule has 0 unspecified atom stereocenters. The molecule has 2 rings (SSSR count). The zero-order chi connectivity index (χ0) is 13.2. The van der Waals surface area contributed by atoms with Crippen LogP contribution in [0.4, 0.5) is 13.2 Å². The predicted octanol–water partition coefficient (Wildman–Crippen LogP) is 3.54. The number of hydrogen-bond donors (Lipinski definition) is 0. The maximum atomic E-state index is 12.0. The molecule has 0 heterocycles. The van der Waals surface area contributed by atoms with E-state index in [4.69, 9.17) is 4.74 Å². The molecule has 98 valence electrons. The monoisotopic (exact) mass is 258 g/mol. The van der Waals surface area contributed by atoms with Crippen molar-refractivity contribution < 1.29 is 22.7 Å². The van der Waals surface area contributed by atoms with Crippen LogP contribution in [-0.4, -0.2) is 18.6 Å². The molecule has 0 fully saturated rings. The number of alkyl halides is 3. The van der Waals surface area contributed by atoms with E-state index in [0.717, 1.165) is 18.4 Å². The standard InChI is InChI=1S/C13H13F3O2/c14-13(15,16)6-7-18-10-4-5-11-9(8-10)2-1-3-12(11)17/h4-5,8H,1-3,6-7H2. The Bertz CT molecular complexity index is 452. The Morgan fingerprint density at radius 2 is 2.00 bits per heavy atom. The van der Waals surface area contributed by atoms with E-state index in [0.29, 0.717) is 17.7 Å². The van der Waals surface area contributed by atoms with Crippen LogP contribution in [-0.2, 0) is 6.42 Å². The van der Waals surface area contributed by atoms with Gasteiger partial charge < -0.3 is 4.74 Å². The first kappa shape index (κ1) is 12.9. The zero-order valence-electron chi connectivity index (χ0n) is 9.72. The highest BCUT2D eigenvalue weighted by Gasteiger charge is 2.27. The molecule has 0 radical (unpaired) electrons. The molecule has 1 aliphatic rings. The van der Waals surface area contributed by atoms with Crippen LogP contribution in [0.3, 0.4) is 0 Å². The molecule has 0 bridgehead atoms. The smallest absolute Gasteiger partial charge is 0.392 e. The molecule has 0 saturated carbocycles. The van der Waals surface area contributed by atoms with E-state index in [2.05, 4.69) is 0 Å². The van der Waals surface area contributed by atoms with Gasteiger partial charge >= 0.3 is 6.18 Å². The molecule has 1 aromatic rings. The minimum Gasteiger partial charge on any atom is -0.493 e. The van der Waals surface area contributed by atoms with E-state index >= 15 is 0 Å². The Labute approximate surface area is 103 Å². The molecule has 0 amide bonds. The molecule has 0 aliphatic heterocycles.